The molecular weight excluding hydrogens is 129 g/mol. The van der Waals surface area contributed by atoms with Gasteiger partial charge in [0, 0.05) is 6.54 Å². The Morgan fingerprint density at radius 2 is 2.40 bits per heavy atom. The fourth-order valence-corrected chi connectivity index (χ4v) is 1.57. The molecule has 2 atom stereocenters. The Hall–Kier alpha value is -0.110. The smallest absolute Gasteiger partial charge is 0.120 e. The van der Waals surface area contributed by atoms with Crippen molar-refractivity contribution in [2.75, 3.05) is 13.1 Å². The second-order valence-corrected chi connectivity index (χ2v) is 3.52. The number of alkyl halides is 1. The summed E-state index contributed by atoms with van der Waals surface area (Å²) < 4.78 is 13.2. The monoisotopic (exact) mass is 145 g/mol. The average Bonchev–Trinajstić information content (AvgIpc) is 1.86. The van der Waals surface area contributed by atoms with Crippen LogP contribution >= 0.6 is 0 Å². The molecule has 1 heterocycles. The number of piperidine rings is 1. The van der Waals surface area contributed by atoms with Crippen LogP contribution in [-0.2, 0) is 0 Å². The van der Waals surface area contributed by atoms with Crippen LogP contribution in [0, 0.1) is 5.92 Å². The van der Waals surface area contributed by atoms with Crippen molar-refractivity contribution in [1.82, 2.24) is 5.32 Å². The minimum absolute atomic E-state index is 0.531. The fourth-order valence-electron chi connectivity index (χ4n) is 1.57. The van der Waals surface area contributed by atoms with Crippen molar-refractivity contribution in [3.05, 3.63) is 0 Å². The van der Waals surface area contributed by atoms with Gasteiger partial charge < -0.3 is 5.32 Å². The Balaban J connectivity index is 2.40. The maximum atomic E-state index is 13.2. The second-order valence-electron chi connectivity index (χ2n) is 3.52. The lowest BCUT2D eigenvalue weighted by molar-refractivity contribution is 0.109. The van der Waals surface area contributed by atoms with Gasteiger partial charge in [-0.2, -0.15) is 0 Å². The van der Waals surface area contributed by atoms with Crippen molar-refractivity contribution in [2.24, 2.45) is 5.92 Å². The maximum absolute atomic E-state index is 13.2. The van der Waals surface area contributed by atoms with Gasteiger partial charge in [-0.05, 0) is 25.8 Å². The van der Waals surface area contributed by atoms with Crippen LogP contribution in [0.4, 0.5) is 4.39 Å². The van der Waals surface area contributed by atoms with Gasteiger partial charge in [-0.25, -0.2) is 4.39 Å². The largest absolute Gasteiger partial charge is 0.313 e. The predicted octanol–water partition coefficient (Wildman–Crippen LogP) is 1.73. The molecule has 0 saturated carbocycles. The molecule has 1 fully saturated rings. The molecule has 0 amide bonds. The van der Waals surface area contributed by atoms with Crippen LogP contribution < -0.4 is 5.32 Å². The van der Waals surface area contributed by atoms with Crippen LogP contribution in [0.5, 0.6) is 0 Å². The molecule has 0 bridgehead atoms. The first kappa shape index (κ1) is 7.99. The van der Waals surface area contributed by atoms with E-state index in [0.29, 0.717) is 12.5 Å². The van der Waals surface area contributed by atoms with E-state index in [2.05, 4.69) is 12.2 Å². The molecule has 0 aromatic rings. The first-order valence-corrected chi connectivity index (χ1v) is 4.04. The minimum atomic E-state index is -0.959. The van der Waals surface area contributed by atoms with E-state index in [4.69, 9.17) is 0 Å². The Morgan fingerprint density at radius 1 is 1.70 bits per heavy atom. The van der Waals surface area contributed by atoms with Crippen LogP contribution in [-0.4, -0.2) is 18.8 Å². The van der Waals surface area contributed by atoms with Gasteiger partial charge in [0.05, 0.1) is 0 Å². The summed E-state index contributed by atoms with van der Waals surface area (Å²) in [6.07, 6.45) is 1.82. The van der Waals surface area contributed by atoms with E-state index in [1.54, 1.807) is 6.92 Å². The lowest BCUT2D eigenvalue weighted by atomic mass is 9.88. The highest BCUT2D eigenvalue weighted by Gasteiger charge is 2.30. The molecule has 0 aromatic heterocycles. The van der Waals surface area contributed by atoms with Crippen molar-refractivity contribution in [3.8, 4) is 0 Å². The zero-order valence-electron chi connectivity index (χ0n) is 6.78. The summed E-state index contributed by atoms with van der Waals surface area (Å²) in [6.45, 7) is 5.33. The third-order valence-electron chi connectivity index (χ3n) is 2.22. The molecule has 1 nitrogen and oxygen atoms in total. The lowest BCUT2D eigenvalue weighted by Crippen LogP contribution is -2.44. The van der Waals surface area contributed by atoms with Crippen LogP contribution in [0.2, 0.25) is 0 Å². The molecule has 0 aliphatic carbocycles. The first-order valence-electron chi connectivity index (χ1n) is 4.04. The van der Waals surface area contributed by atoms with Gasteiger partial charge in [-0.15, -0.1) is 0 Å². The number of nitrogens with one attached hydrogen (secondary N) is 1. The van der Waals surface area contributed by atoms with Gasteiger partial charge >= 0.3 is 0 Å². The Kier molecular flexibility index (Phi) is 2.29. The zero-order chi connectivity index (χ0) is 7.61. The highest BCUT2D eigenvalue weighted by Crippen LogP contribution is 2.25. The van der Waals surface area contributed by atoms with Crippen LogP contribution in [0.25, 0.3) is 0 Å². The number of hydrogen-bond donors (Lipinski definition) is 1. The highest BCUT2D eigenvalue weighted by atomic mass is 19.1. The molecule has 1 saturated heterocycles. The summed E-state index contributed by atoms with van der Waals surface area (Å²) in [7, 11) is 0. The van der Waals surface area contributed by atoms with Crippen molar-refractivity contribution < 1.29 is 4.39 Å². The summed E-state index contributed by atoms with van der Waals surface area (Å²) in [4.78, 5) is 0. The van der Waals surface area contributed by atoms with Gasteiger partial charge in [-0.1, -0.05) is 13.3 Å². The summed E-state index contributed by atoms with van der Waals surface area (Å²) in [5.41, 5.74) is -0.959. The standard InChI is InChI=1S/C8H16FN/c1-3-7-4-8(2,9)6-10-5-7/h7,10H,3-6H2,1-2H3/t7-,8-/m0/s1. The molecule has 1 aliphatic rings. The van der Waals surface area contributed by atoms with E-state index >= 15 is 0 Å². The summed E-state index contributed by atoms with van der Waals surface area (Å²) in [5.74, 6) is 0.545. The van der Waals surface area contributed by atoms with E-state index < -0.39 is 5.67 Å². The molecule has 0 unspecified atom stereocenters. The first-order chi connectivity index (χ1) is 4.64. The predicted molar refractivity (Wildman–Crippen MR) is 40.8 cm³/mol. The van der Waals surface area contributed by atoms with E-state index in [1.165, 1.54) is 0 Å². The van der Waals surface area contributed by atoms with Crippen LogP contribution in [0.3, 0.4) is 0 Å². The van der Waals surface area contributed by atoms with Gasteiger partial charge in [0.15, 0.2) is 0 Å². The quantitative estimate of drug-likeness (QED) is 0.592. The highest BCUT2D eigenvalue weighted by molar-refractivity contribution is 4.85. The van der Waals surface area contributed by atoms with E-state index in [0.717, 1.165) is 19.4 Å². The Morgan fingerprint density at radius 3 is 2.80 bits per heavy atom. The molecule has 0 spiro atoms. The van der Waals surface area contributed by atoms with Gasteiger partial charge in [0.2, 0.25) is 0 Å². The van der Waals surface area contributed by atoms with Crippen LogP contribution in [0.1, 0.15) is 26.7 Å². The molecule has 60 valence electrons. The van der Waals surface area contributed by atoms with Crippen LogP contribution in [0.15, 0.2) is 0 Å². The molecular formula is C8H16FN. The van der Waals surface area contributed by atoms with Gasteiger partial charge in [0.25, 0.3) is 0 Å². The lowest BCUT2D eigenvalue weighted by Gasteiger charge is -2.31. The number of hydrogen-bond acceptors (Lipinski definition) is 1. The normalized spacial score (nSPS) is 41.7. The molecule has 1 N–H and O–H groups in total. The molecule has 1 aliphatic heterocycles. The summed E-state index contributed by atoms with van der Waals surface area (Å²) in [6, 6.07) is 0. The summed E-state index contributed by atoms with van der Waals surface area (Å²) >= 11 is 0. The minimum Gasteiger partial charge on any atom is -0.313 e. The zero-order valence-corrected chi connectivity index (χ0v) is 6.78. The Bertz CT molecular complexity index is 112. The van der Waals surface area contributed by atoms with Crippen molar-refractivity contribution >= 4 is 0 Å². The number of rotatable bonds is 1. The van der Waals surface area contributed by atoms with Crippen molar-refractivity contribution in [1.29, 1.82) is 0 Å². The van der Waals surface area contributed by atoms with Gasteiger partial charge in [0.1, 0.15) is 5.67 Å². The second kappa shape index (κ2) is 2.87. The molecule has 0 radical (unpaired) electrons. The topological polar surface area (TPSA) is 12.0 Å². The summed E-state index contributed by atoms with van der Waals surface area (Å²) in [5, 5.41) is 3.10. The molecule has 2 heteroatoms. The average molecular weight is 145 g/mol. The Labute approximate surface area is 62.0 Å². The van der Waals surface area contributed by atoms with E-state index in [9.17, 15) is 4.39 Å². The van der Waals surface area contributed by atoms with Crippen molar-refractivity contribution in [2.45, 2.75) is 32.4 Å². The third-order valence-corrected chi connectivity index (χ3v) is 2.22. The van der Waals surface area contributed by atoms with E-state index in [1.807, 2.05) is 0 Å². The van der Waals surface area contributed by atoms with Gasteiger partial charge in [-0.3, -0.25) is 0 Å². The molecule has 0 aromatic carbocycles. The van der Waals surface area contributed by atoms with E-state index in [-0.39, 0.29) is 0 Å². The third kappa shape index (κ3) is 1.94. The number of halogens is 1. The fraction of sp³-hybridized carbons (Fsp3) is 1.00. The maximum Gasteiger partial charge on any atom is 0.120 e. The molecule has 10 heavy (non-hydrogen) atoms. The molecule has 1 rings (SSSR count). The van der Waals surface area contributed by atoms with Crippen molar-refractivity contribution in [3.63, 3.8) is 0 Å². The SMILES string of the molecule is CC[C@@H]1CNC[C@@](C)(F)C1.